The average Bonchev–Trinajstić information content (AvgIpc) is 3.39. The monoisotopic (exact) mass is 656 g/mol. The minimum absolute atomic E-state index is 0.240. The fourth-order valence-electron chi connectivity index (χ4n) is 7.60. The normalized spacial score (nSPS) is 19.5. The molecule has 11 heteroatoms. The maximum atomic E-state index is 14.3. The first-order valence-corrected chi connectivity index (χ1v) is 16.9. The van der Waals surface area contributed by atoms with Gasteiger partial charge in [-0.2, -0.15) is 10.2 Å². The van der Waals surface area contributed by atoms with E-state index in [1.165, 1.54) is 4.68 Å². The Hall–Kier alpha value is -5.29. The van der Waals surface area contributed by atoms with Crippen molar-refractivity contribution in [3.05, 3.63) is 102 Å². The zero-order valence-corrected chi connectivity index (χ0v) is 27.9. The van der Waals surface area contributed by atoms with Gasteiger partial charge in [-0.1, -0.05) is 36.4 Å². The highest BCUT2D eigenvalue weighted by molar-refractivity contribution is 6.01. The van der Waals surface area contributed by atoms with Crippen LogP contribution in [-0.2, 0) is 23.6 Å². The number of pyridine rings is 1. The fourth-order valence-corrected chi connectivity index (χ4v) is 7.60. The van der Waals surface area contributed by atoms with Gasteiger partial charge in [0, 0.05) is 55.8 Å². The Bertz CT molecular complexity index is 1990. The minimum Gasteiger partial charge on any atom is -0.374 e. The van der Waals surface area contributed by atoms with Crippen molar-refractivity contribution in [1.29, 1.82) is 0 Å². The summed E-state index contributed by atoms with van der Waals surface area (Å²) in [5, 5.41) is 14.8. The third-order valence-corrected chi connectivity index (χ3v) is 10.2. The molecule has 2 aromatic carbocycles. The number of hydrogen-bond donors (Lipinski definition) is 2. The molecule has 1 aliphatic carbocycles. The van der Waals surface area contributed by atoms with Crippen LogP contribution in [0.1, 0.15) is 46.8 Å². The molecule has 2 aliphatic heterocycles. The molecule has 1 saturated carbocycles. The molecular weight excluding hydrogens is 616 g/mol. The lowest BCUT2D eigenvalue weighted by Gasteiger charge is -2.29. The van der Waals surface area contributed by atoms with E-state index in [9.17, 15) is 9.59 Å². The number of anilines is 2. The van der Waals surface area contributed by atoms with E-state index < -0.39 is 6.04 Å². The lowest BCUT2D eigenvalue weighted by Crippen LogP contribution is -2.48. The van der Waals surface area contributed by atoms with Gasteiger partial charge in [0.1, 0.15) is 11.7 Å². The number of ether oxygens (including phenoxy) is 1. The molecule has 49 heavy (non-hydrogen) atoms. The van der Waals surface area contributed by atoms with Gasteiger partial charge in [0.2, 0.25) is 5.91 Å². The summed E-state index contributed by atoms with van der Waals surface area (Å²) in [6.45, 7) is 3.67. The second-order valence-corrected chi connectivity index (χ2v) is 13.6. The highest BCUT2D eigenvalue weighted by atomic mass is 16.5. The summed E-state index contributed by atoms with van der Waals surface area (Å²) >= 11 is 0. The zero-order valence-electron chi connectivity index (χ0n) is 27.9. The van der Waals surface area contributed by atoms with Crippen molar-refractivity contribution in [3.63, 3.8) is 0 Å². The number of amides is 2. The largest absolute Gasteiger partial charge is 0.374 e. The Morgan fingerprint density at radius 2 is 1.76 bits per heavy atom. The van der Waals surface area contributed by atoms with Gasteiger partial charge in [0.15, 0.2) is 0 Å². The highest BCUT2D eigenvalue weighted by Gasteiger charge is 2.42. The Balaban J connectivity index is 1.10. The van der Waals surface area contributed by atoms with Crippen molar-refractivity contribution in [2.24, 2.45) is 20.0 Å². The molecule has 3 fully saturated rings. The lowest BCUT2D eigenvalue weighted by atomic mass is 9.85. The van der Waals surface area contributed by atoms with E-state index in [1.54, 1.807) is 19.3 Å². The molecule has 0 radical (unpaired) electrons. The Morgan fingerprint density at radius 1 is 0.918 bits per heavy atom. The van der Waals surface area contributed by atoms with Crippen LogP contribution in [0.2, 0.25) is 0 Å². The number of aromatic nitrogens is 5. The van der Waals surface area contributed by atoms with E-state index in [2.05, 4.69) is 55.0 Å². The molecule has 0 unspecified atom stereocenters. The predicted molar refractivity (Wildman–Crippen MR) is 187 cm³/mol. The molecule has 11 nitrogen and oxygen atoms in total. The summed E-state index contributed by atoms with van der Waals surface area (Å²) in [7, 11) is 3.64. The molecule has 250 valence electrons. The summed E-state index contributed by atoms with van der Waals surface area (Å²) in [5.74, 6) is -0.601. The molecule has 4 atom stereocenters. The fraction of sp³-hybridized carbons (Fsp3) is 0.342. The van der Waals surface area contributed by atoms with Gasteiger partial charge in [-0.05, 0) is 73.1 Å². The van der Waals surface area contributed by atoms with Crippen molar-refractivity contribution in [3.8, 4) is 22.4 Å². The van der Waals surface area contributed by atoms with Crippen LogP contribution in [-0.4, -0.2) is 67.7 Å². The number of hydrogen-bond acceptors (Lipinski definition) is 7. The summed E-state index contributed by atoms with van der Waals surface area (Å²) in [6.07, 6.45) is 10.6. The Morgan fingerprint density at radius 3 is 2.43 bits per heavy atom. The zero-order chi connectivity index (χ0) is 33.6. The first-order chi connectivity index (χ1) is 23.8. The van der Waals surface area contributed by atoms with Crippen LogP contribution in [0.3, 0.4) is 0 Å². The van der Waals surface area contributed by atoms with E-state index in [4.69, 9.17) is 4.74 Å². The van der Waals surface area contributed by atoms with Crippen molar-refractivity contribution in [1.82, 2.24) is 29.9 Å². The van der Waals surface area contributed by atoms with Gasteiger partial charge in [0.25, 0.3) is 5.91 Å². The Labute approximate surface area is 285 Å². The van der Waals surface area contributed by atoms with Crippen LogP contribution in [0.25, 0.3) is 22.4 Å². The van der Waals surface area contributed by atoms with Crippen LogP contribution in [0, 0.1) is 12.8 Å². The van der Waals surface area contributed by atoms with Crippen LogP contribution < -0.4 is 15.5 Å². The number of carbonyl (C=O) groups excluding carboxylic acids is 2. The number of aryl methyl sites for hydroxylation is 3. The molecule has 5 heterocycles. The van der Waals surface area contributed by atoms with Crippen molar-refractivity contribution in [2.45, 2.75) is 50.3 Å². The van der Waals surface area contributed by atoms with E-state index in [1.807, 2.05) is 67.6 Å². The smallest absolute Gasteiger partial charge is 0.270 e. The van der Waals surface area contributed by atoms with Gasteiger partial charge in [-0.25, -0.2) is 0 Å². The number of benzene rings is 2. The predicted octanol–water partition coefficient (Wildman–Crippen LogP) is 5.10. The quantitative estimate of drug-likeness (QED) is 0.215. The van der Waals surface area contributed by atoms with Crippen LogP contribution in [0.15, 0.2) is 85.5 Å². The van der Waals surface area contributed by atoms with Crippen molar-refractivity contribution < 1.29 is 14.3 Å². The molecule has 2 N–H and O–H groups in total. The molecule has 2 amide bonds. The number of morpholine rings is 1. The van der Waals surface area contributed by atoms with Gasteiger partial charge >= 0.3 is 0 Å². The highest BCUT2D eigenvalue weighted by Crippen LogP contribution is 2.46. The number of fused-ring (bicyclic) bond motifs is 2. The van der Waals surface area contributed by atoms with E-state index in [0.29, 0.717) is 23.5 Å². The average molecular weight is 657 g/mol. The number of carbonyl (C=O) groups is 2. The molecular formula is C38H40N8O3. The van der Waals surface area contributed by atoms with Crippen LogP contribution >= 0.6 is 0 Å². The van der Waals surface area contributed by atoms with Crippen LogP contribution in [0.5, 0.6) is 0 Å². The van der Waals surface area contributed by atoms with Crippen molar-refractivity contribution in [2.75, 3.05) is 23.4 Å². The van der Waals surface area contributed by atoms with Gasteiger partial charge < -0.3 is 20.3 Å². The second-order valence-electron chi connectivity index (χ2n) is 13.6. The van der Waals surface area contributed by atoms with Gasteiger partial charge in [-0.3, -0.25) is 23.9 Å². The molecule has 2 bridgehead atoms. The second kappa shape index (κ2) is 12.6. The lowest BCUT2D eigenvalue weighted by molar-refractivity contribution is -0.118. The SMILES string of the molecule is Cc1cnn(C)c1-c1ccc(NC(=O)[C@@H](NC(=O)c2ccnn2C)[C@@H](c2cccc(-c3cncc(N4C[C@@H]5C[C@H]4CO5)c3)c2)C2CC2)cc1. The summed E-state index contributed by atoms with van der Waals surface area (Å²) in [6, 6.07) is 19.5. The topological polar surface area (TPSA) is 119 Å². The summed E-state index contributed by atoms with van der Waals surface area (Å²) < 4.78 is 9.19. The molecule has 5 aromatic rings. The summed E-state index contributed by atoms with van der Waals surface area (Å²) in [5.41, 5.74) is 8.30. The van der Waals surface area contributed by atoms with E-state index in [0.717, 1.165) is 71.6 Å². The number of nitrogens with one attached hydrogen (secondary N) is 2. The molecule has 2 saturated heterocycles. The number of nitrogens with zero attached hydrogens (tertiary/aromatic N) is 6. The maximum absolute atomic E-state index is 14.3. The standard InChI is InChI=1S/C38H40N8O3/c1-23-18-41-45(3)36(23)25-9-11-29(12-10-25)42-38(48)35(43-37(47)33-13-14-40-44(33)2)34(24-7-8-24)27-6-4-5-26(15-27)28-16-30(20-39-19-28)46-21-32-17-31(46)22-49-32/h4-6,9-16,18-20,24,31-32,34-35H,7-8,17,21-22H2,1-3H3,(H,42,48)(H,43,47)/t31-,32-,34+,35-/m0/s1. The van der Waals surface area contributed by atoms with E-state index >= 15 is 0 Å². The molecule has 8 rings (SSSR count). The maximum Gasteiger partial charge on any atom is 0.270 e. The van der Waals surface area contributed by atoms with Gasteiger partial charge in [0.05, 0.1) is 42.5 Å². The first kappa shape index (κ1) is 31.0. The molecule has 0 spiro atoms. The summed E-state index contributed by atoms with van der Waals surface area (Å²) in [4.78, 5) is 34.9. The molecule has 3 aromatic heterocycles. The molecule has 3 aliphatic rings. The minimum atomic E-state index is -0.825. The van der Waals surface area contributed by atoms with Crippen LogP contribution in [0.4, 0.5) is 11.4 Å². The van der Waals surface area contributed by atoms with Gasteiger partial charge in [-0.15, -0.1) is 0 Å². The third kappa shape index (κ3) is 6.10. The first-order valence-electron chi connectivity index (χ1n) is 16.9. The van der Waals surface area contributed by atoms with Crippen molar-refractivity contribution >= 4 is 23.2 Å². The number of rotatable bonds is 10. The third-order valence-electron chi connectivity index (χ3n) is 10.2. The van der Waals surface area contributed by atoms with E-state index in [-0.39, 0.29) is 23.7 Å². The Kier molecular flexibility index (Phi) is 7.99.